The van der Waals surface area contributed by atoms with E-state index in [4.69, 9.17) is 4.74 Å². The van der Waals surface area contributed by atoms with Gasteiger partial charge in [-0.15, -0.1) is 0 Å². The Kier molecular flexibility index (Phi) is 11.6. The van der Waals surface area contributed by atoms with Crippen molar-refractivity contribution in [2.75, 3.05) is 18.1 Å². The first kappa shape index (κ1) is 36.7. The molecule has 2 aliphatic rings. The van der Waals surface area contributed by atoms with E-state index in [9.17, 15) is 34.7 Å². The molecule has 5 unspecified atom stereocenters. The number of amides is 2. The van der Waals surface area contributed by atoms with Crippen LogP contribution in [0, 0.1) is 5.82 Å². The van der Waals surface area contributed by atoms with Gasteiger partial charge >= 0.3 is 6.03 Å². The molecular weight excluding hydrogens is 663 g/mol. The number of ether oxygens (including phenoxy) is 1. The first-order valence-corrected chi connectivity index (χ1v) is 17.4. The van der Waals surface area contributed by atoms with E-state index in [0.717, 1.165) is 39.1 Å². The third-order valence-electron chi connectivity index (χ3n) is 9.63. The number of aromatic hydroxyl groups is 1. The van der Waals surface area contributed by atoms with Gasteiger partial charge in [-0.3, -0.25) is 4.90 Å². The second-order valence-electron chi connectivity index (χ2n) is 13.0. The van der Waals surface area contributed by atoms with E-state index in [1.54, 1.807) is 23.1 Å². The SMILES string of the molecule is CCC(O)c1ccc(F)cc1.O=C1NCC(c2ccc(-c3ccc(C4CC(O)[C@H](O)C(CO)O4)cc3)cc2O)N1c1ccc(-c2ccccc2)cc1. The molecule has 52 heavy (non-hydrogen) atoms. The van der Waals surface area contributed by atoms with E-state index in [-0.39, 0.29) is 36.7 Å². The first-order valence-electron chi connectivity index (χ1n) is 17.4. The van der Waals surface area contributed by atoms with Crippen LogP contribution in [0.5, 0.6) is 5.75 Å². The van der Waals surface area contributed by atoms with Crippen LogP contribution < -0.4 is 10.2 Å². The molecule has 6 atom stereocenters. The monoisotopic (exact) mass is 706 g/mol. The molecule has 0 radical (unpaired) electrons. The van der Waals surface area contributed by atoms with Crippen molar-refractivity contribution in [2.24, 2.45) is 0 Å². The Morgan fingerprint density at radius 3 is 2.10 bits per heavy atom. The summed E-state index contributed by atoms with van der Waals surface area (Å²) in [5.41, 5.74) is 6.82. The molecule has 9 nitrogen and oxygen atoms in total. The average molecular weight is 707 g/mol. The number of rotatable bonds is 8. The highest BCUT2D eigenvalue weighted by atomic mass is 19.1. The molecule has 5 aromatic carbocycles. The number of anilines is 1. The Hall–Kier alpha value is -5.10. The van der Waals surface area contributed by atoms with Gasteiger partial charge in [0.05, 0.1) is 31.0 Å². The molecule has 7 rings (SSSR count). The number of phenolic OH excluding ortho intramolecular Hbond substituents is 1. The zero-order chi connectivity index (χ0) is 36.8. The second-order valence-corrected chi connectivity index (χ2v) is 13.0. The van der Waals surface area contributed by atoms with Crippen LogP contribution in [0.1, 0.15) is 54.7 Å². The lowest BCUT2D eigenvalue weighted by atomic mass is 9.92. The van der Waals surface area contributed by atoms with Gasteiger partial charge in [-0.05, 0) is 70.1 Å². The summed E-state index contributed by atoms with van der Waals surface area (Å²) >= 11 is 0. The molecule has 0 aromatic heterocycles. The number of carbonyl (C=O) groups is 1. The van der Waals surface area contributed by atoms with E-state index >= 15 is 0 Å². The average Bonchev–Trinajstić information content (AvgIpc) is 3.57. The Balaban J connectivity index is 0.000000362. The fraction of sp³-hybridized carbons (Fsp3) is 0.262. The number of aliphatic hydroxyl groups excluding tert-OH is 4. The van der Waals surface area contributed by atoms with Gasteiger partial charge in [0, 0.05) is 24.2 Å². The smallest absolute Gasteiger partial charge is 0.322 e. The van der Waals surface area contributed by atoms with Crippen molar-refractivity contribution in [1.29, 1.82) is 0 Å². The summed E-state index contributed by atoms with van der Waals surface area (Å²) in [6.07, 6.45) is -2.96. The Morgan fingerprint density at radius 1 is 0.846 bits per heavy atom. The summed E-state index contributed by atoms with van der Waals surface area (Å²) in [6.45, 7) is 1.88. The number of hydrogen-bond acceptors (Lipinski definition) is 7. The van der Waals surface area contributed by atoms with Gasteiger partial charge in [0.25, 0.3) is 0 Å². The molecule has 2 heterocycles. The maximum atomic E-state index is 12.8. The summed E-state index contributed by atoms with van der Waals surface area (Å²) in [7, 11) is 0. The molecule has 0 aliphatic carbocycles. The number of aliphatic hydroxyl groups is 4. The van der Waals surface area contributed by atoms with Crippen molar-refractivity contribution in [2.45, 2.75) is 56.3 Å². The maximum absolute atomic E-state index is 12.8. The van der Waals surface area contributed by atoms with Crippen molar-refractivity contribution in [1.82, 2.24) is 5.32 Å². The molecule has 2 fully saturated rings. The van der Waals surface area contributed by atoms with Crippen molar-refractivity contribution in [3.8, 4) is 28.0 Å². The van der Waals surface area contributed by atoms with Gasteiger partial charge in [0.15, 0.2) is 0 Å². The normalized spacial score (nSPS) is 21.9. The summed E-state index contributed by atoms with van der Waals surface area (Å²) in [5, 5.41) is 52.9. The van der Waals surface area contributed by atoms with Gasteiger partial charge in [0.2, 0.25) is 0 Å². The number of halogens is 1. The Morgan fingerprint density at radius 2 is 1.46 bits per heavy atom. The van der Waals surface area contributed by atoms with Crippen LogP contribution in [0.25, 0.3) is 22.3 Å². The zero-order valence-electron chi connectivity index (χ0n) is 28.7. The number of carbonyl (C=O) groups excluding carboxylic acids is 1. The highest BCUT2D eigenvalue weighted by Gasteiger charge is 2.37. The molecule has 2 amide bonds. The molecule has 0 spiro atoms. The summed E-state index contributed by atoms with van der Waals surface area (Å²) in [4.78, 5) is 14.5. The minimum Gasteiger partial charge on any atom is -0.508 e. The van der Waals surface area contributed by atoms with E-state index < -0.39 is 30.5 Å². The molecule has 10 heteroatoms. The predicted molar refractivity (Wildman–Crippen MR) is 197 cm³/mol. The van der Waals surface area contributed by atoms with E-state index in [2.05, 4.69) is 5.32 Å². The lowest BCUT2D eigenvalue weighted by Crippen LogP contribution is -2.47. The molecule has 2 aliphatic heterocycles. The van der Waals surface area contributed by atoms with Gasteiger partial charge in [-0.1, -0.05) is 97.9 Å². The second kappa shape index (κ2) is 16.5. The molecule has 270 valence electrons. The third kappa shape index (κ3) is 8.17. The number of nitrogens with one attached hydrogen (secondary N) is 1. The number of nitrogens with zero attached hydrogens (tertiary/aromatic N) is 1. The number of phenols is 1. The van der Waals surface area contributed by atoms with Crippen LogP contribution in [0.3, 0.4) is 0 Å². The van der Waals surface area contributed by atoms with E-state index in [0.29, 0.717) is 18.5 Å². The minimum atomic E-state index is -1.12. The maximum Gasteiger partial charge on any atom is 0.322 e. The van der Waals surface area contributed by atoms with Crippen LogP contribution in [0.2, 0.25) is 0 Å². The Bertz CT molecular complexity index is 1920. The quantitative estimate of drug-likeness (QED) is 0.104. The molecule has 6 N–H and O–H groups in total. The van der Waals surface area contributed by atoms with E-state index in [1.165, 1.54) is 12.1 Å². The molecule has 0 bridgehead atoms. The standard InChI is InChI=1S/C33H32N2O6.C9H11FO/c36-19-31-32(39)29(38)17-30(41-31)23-8-6-22(7-9-23)24-12-15-26(28(37)16-24)27-18-34-33(40)35(27)25-13-10-21(11-14-25)20-4-2-1-3-5-20;1-2-9(11)7-3-5-8(10)6-4-7/h1-16,27,29-32,36-39H,17-19H2,(H,34,40);3-6,9,11H,2H2,1H3/t27?,29?,30?,31?,32-;/m0./s1. The van der Waals surface area contributed by atoms with Crippen molar-refractivity contribution < 1.29 is 39.5 Å². The molecular formula is C42H43FN2O7. The first-order chi connectivity index (χ1) is 25.2. The van der Waals surface area contributed by atoms with Gasteiger partial charge in [-0.25, -0.2) is 9.18 Å². The van der Waals surface area contributed by atoms with Crippen molar-refractivity contribution in [3.63, 3.8) is 0 Å². The molecule has 2 saturated heterocycles. The van der Waals surface area contributed by atoms with Gasteiger partial charge in [0.1, 0.15) is 23.8 Å². The largest absolute Gasteiger partial charge is 0.508 e. The topological polar surface area (TPSA) is 143 Å². The highest BCUT2D eigenvalue weighted by Crippen LogP contribution is 2.38. The van der Waals surface area contributed by atoms with E-state index in [1.807, 2.05) is 97.9 Å². The van der Waals surface area contributed by atoms with Crippen LogP contribution in [0.4, 0.5) is 14.9 Å². The number of urea groups is 1. The third-order valence-corrected chi connectivity index (χ3v) is 9.63. The van der Waals surface area contributed by atoms with Crippen LogP contribution >= 0.6 is 0 Å². The lowest BCUT2D eigenvalue weighted by molar-refractivity contribution is -0.181. The van der Waals surface area contributed by atoms with Crippen molar-refractivity contribution in [3.05, 3.63) is 144 Å². The fourth-order valence-electron chi connectivity index (χ4n) is 6.63. The summed E-state index contributed by atoms with van der Waals surface area (Å²) < 4.78 is 18.2. The van der Waals surface area contributed by atoms with Gasteiger partial charge < -0.3 is 35.6 Å². The zero-order valence-corrected chi connectivity index (χ0v) is 28.7. The minimum absolute atomic E-state index is 0.0949. The lowest BCUT2D eigenvalue weighted by Gasteiger charge is -2.36. The summed E-state index contributed by atoms with van der Waals surface area (Å²) in [6, 6.07) is 36.2. The highest BCUT2D eigenvalue weighted by molar-refractivity contribution is 5.95. The molecule has 0 saturated carbocycles. The number of benzene rings is 5. The number of hydrogen-bond donors (Lipinski definition) is 6. The van der Waals surface area contributed by atoms with Crippen molar-refractivity contribution >= 4 is 11.7 Å². The van der Waals surface area contributed by atoms with Crippen LogP contribution in [-0.2, 0) is 4.74 Å². The van der Waals surface area contributed by atoms with Crippen LogP contribution in [-0.4, -0.2) is 63.0 Å². The fourth-order valence-corrected chi connectivity index (χ4v) is 6.63. The van der Waals surface area contributed by atoms with Gasteiger partial charge in [-0.2, -0.15) is 0 Å². The molecule has 5 aromatic rings. The predicted octanol–water partition coefficient (Wildman–Crippen LogP) is 6.81. The van der Waals surface area contributed by atoms with Crippen LogP contribution in [0.15, 0.2) is 121 Å². The Labute approximate surface area is 302 Å². The summed E-state index contributed by atoms with van der Waals surface area (Å²) in [5.74, 6) is -0.172.